The van der Waals surface area contributed by atoms with Gasteiger partial charge in [0.2, 0.25) is 0 Å². The van der Waals surface area contributed by atoms with E-state index in [2.05, 4.69) is 31.1 Å². The van der Waals surface area contributed by atoms with Gasteiger partial charge in [0.1, 0.15) is 0 Å². The number of ether oxygens (including phenoxy) is 1. The molecule has 1 saturated carbocycles. The monoisotopic (exact) mass is 240 g/mol. The molecule has 0 aromatic carbocycles. The van der Waals surface area contributed by atoms with Gasteiger partial charge in [0, 0.05) is 25.2 Å². The van der Waals surface area contributed by atoms with E-state index >= 15 is 0 Å². The molecule has 1 heterocycles. The van der Waals surface area contributed by atoms with Crippen LogP contribution in [-0.4, -0.2) is 49.8 Å². The highest BCUT2D eigenvalue weighted by atomic mass is 16.5. The summed E-state index contributed by atoms with van der Waals surface area (Å²) in [5.41, 5.74) is 0. The van der Waals surface area contributed by atoms with Crippen LogP contribution in [0.15, 0.2) is 0 Å². The summed E-state index contributed by atoms with van der Waals surface area (Å²) in [7, 11) is 2.27. The van der Waals surface area contributed by atoms with E-state index in [9.17, 15) is 0 Å². The number of nitrogens with one attached hydrogen (secondary N) is 1. The molecule has 0 bridgehead atoms. The van der Waals surface area contributed by atoms with Gasteiger partial charge >= 0.3 is 0 Å². The fraction of sp³-hybridized carbons (Fsp3) is 1.00. The Kier molecular flexibility index (Phi) is 4.83. The van der Waals surface area contributed by atoms with Crippen molar-refractivity contribution in [1.29, 1.82) is 0 Å². The molecule has 0 aromatic heterocycles. The fourth-order valence-corrected chi connectivity index (χ4v) is 3.00. The van der Waals surface area contributed by atoms with Crippen LogP contribution in [-0.2, 0) is 4.74 Å². The van der Waals surface area contributed by atoms with Crippen LogP contribution in [0.5, 0.6) is 0 Å². The third-order valence-electron chi connectivity index (χ3n) is 4.25. The van der Waals surface area contributed by atoms with Gasteiger partial charge in [-0.1, -0.05) is 13.8 Å². The Balaban J connectivity index is 1.69. The van der Waals surface area contributed by atoms with E-state index in [-0.39, 0.29) is 0 Å². The van der Waals surface area contributed by atoms with E-state index in [1.165, 1.54) is 32.2 Å². The maximum atomic E-state index is 5.72. The van der Waals surface area contributed by atoms with Gasteiger partial charge < -0.3 is 15.0 Å². The number of rotatable bonds is 6. The summed E-state index contributed by atoms with van der Waals surface area (Å²) >= 11 is 0. The van der Waals surface area contributed by atoms with Gasteiger partial charge in [0.05, 0.1) is 6.10 Å². The van der Waals surface area contributed by atoms with Gasteiger partial charge in [0.25, 0.3) is 0 Å². The molecule has 3 nitrogen and oxygen atoms in total. The van der Waals surface area contributed by atoms with Gasteiger partial charge in [-0.25, -0.2) is 0 Å². The number of hydrogen-bond acceptors (Lipinski definition) is 3. The van der Waals surface area contributed by atoms with Crippen molar-refractivity contribution in [2.45, 2.75) is 57.7 Å². The highest BCUT2D eigenvalue weighted by Gasteiger charge is 2.34. The van der Waals surface area contributed by atoms with E-state index in [4.69, 9.17) is 4.74 Å². The van der Waals surface area contributed by atoms with Gasteiger partial charge in [-0.3, -0.25) is 0 Å². The van der Waals surface area contributed by atoms with Gasteiger partial charge in [-0.2, -0.15) is 0 Å². The zero-order valence-corrected chi connectivity index (χ0v) is 11.6. The number of nitrogens with zero attached hydrogens (tertiary/aromatic N) is 1. The smallest absolute Gasteiger partial charge is 0.0702 e. The first-order valence-corrected chi connectivity index (χ1v) is 7.22. The van der Waals surface area contributed by atoms with Crippen molar-refractivity contribution < 1.29 is 4.74 Å². The summed E-state index contributed by atoms with van der Waals surface area (Å²) in [5.74, 6) is 0.851. The lowest BCUT2D eigenvalue weighted by atomic mass is 9.78. The highest BCUT2D eigenvalue weighted by molar-refractivity contribution is 4.90. The van der Waals surface area contributed by atoms with E-state index in [1.807, 2.05) is 0 Å². The molecule has 17 heavy (non-hydrogen) atoms. The van der Waals surface area contributed by atoms with Crippen molar-refractivity contribution in [3.63, 3.8) is 0 Å². The minimum atomic E-state index is 0.499. The van der Waals surface area contributed by atoms with Crippen molar-refractivity contribution in [3.05, 3.63) is 0 Å². The van der Waals surface area contributed by atoms with E-state index < -0.39 is 0 Å². The van der Waals surface area contributed by atoms with Crippen molar-refractivity contribution >= 4 is 0 Å². The summed E-state index contributed by atoms with van der Waals surface area (Å²) in [4.78, 5) is 2.53. The van der Waals surface area contributed by atoms with E-state index in [0.717, 1.165) is 25.1 Å². The second-order valence-corrected chi connectivity index (χ2v) is 6.04. The molecular weight excluding hydrogens is 212 g/mol. The average Bonchev–Trinajstić information content (AvgIpc) is 2.68. The predicted octanol–water partition coefficient (Wildman–Crippen LogP) is 1.87. The molecule has 1 N–H and O–H groups in total. The number of hydrogen-bond donors (Lipinski definition) is 1. The normalized spacial score (nSPS) is 33.4. The van der Waals surface area contributed by atoms with Crippen LogP contribution in [0.4, 0.5) is 0 Å². The average molecular weight is 240 g/mol. The third-order valence-corrected chi connectivity index (χ3v) is 4.25. The minimum absolute atomic E-state index is 0.499. The second-order valence-electron chi connectivity index (χ2n) is 6.04. The first kappa shape index (κ1) is 13.3. The minimum Gasteiger partial charge on any atom is -0.377 e. The SMILES string of the molecule is CC(C)NCC1CCC1N(C)CC1CCCO1. The fourth-order valence-electron chi connectivity index (χ4n) is 3.00. The van der Waals surface area contributed by atoms with Crippen LogP contribution in [0.2, 0.25) is 0 Å². The standard InChI is InChI=1S/C14H28N2O/c1-11(2)15-9-12-6-7-14(12)16(3)10-13-5-4-8-17-13/h11-15H,4-10H2,1-3H3. The van der Waals surface area contributed by atoms with Crippen LogP contribution < -0.4 is 5.32 Å². The van der Waals surface area contributed by atoms with Gasteiger partial charge in [0.15, 0.2) is 0 Å². The molecule has 0 spiro atoms. The molecule has 2 rings (SSSR count). The topological polar surface area (TPSA) is 24.5 Å². The zero-order chi connectivity index (χ0) is 12.3. The van der Waals surface area contributed by atoms with E-state index in [0.29, 0.717) is 12.1 Å². The zero-order valence-electron chi connectivity index (χ0n) is 11.6. The molecule has 0 amide bonds. The molecule has 1 saturated heterocycles. The molecule has 3 atom stereocenters. The maximum absolute atomic E-state index is 5.72. The Hall–Kier alpha value is -0.120. The third kappa shape index (κ3) is 3.67. The predicted molar refractivity (Wildman–Crippen MR) is 71.3 cm³/mol. The molecular formula is C14H28N2O. The van der Waals surface area contributed by atoms with Crippen LogP contribution in [0.25, 0.3) is 0 Å². The summed E-state index contributed by atoms with van der Waals surface area (Å²) < 4.78 is 5.72. The highest BCUT2D eigenvalue weighted by Crippen LogP contribution is 2.31. The molecule has 2 aliphatic rings. The van der Waals surface area contributed by atoms with Gasteiger partial charge in [-0.05, 0) is 45.2 Å². The number of likely N-dealkylation sites (N-methyl/N-ethyl adjacent to an activating group) is 1. The van der Waals surface area contributed by atoms with Crippen LogP contribution >= 0.6 is 0 Å². The van der Waals surface area contributed by atoms with Crippen molar-refractivity contribution in [3.8, 4) is 0 Å². The quantitative estimate of drug-likeness (QED) is 0.767. The second kappa shape index (κ2) is 6.17. The lowest BCUT2D eigenvalue weighted by molar-refractivity contribution is 0.0257. The van der Waals surface area contributed by atoms with Crippen molar-refractivity contribution in [2.75, 3.05) is 26.7 Å². The van der Waals surface area contributed by atoms with Crippen molar-refractivity contribution in [2.24, 2.45) is 5.92 Å². The Morgan fingerprint density at radius 1 is 1.29 bits per heavy atom. The van der Waals surface area contributed by atoms with Gasteiger partial charge in [-0.15, -0.1) is 0 Å². The first-order valence-electron chi connectivity index (χ1n) is 7.22. The van der Waals surface area contributed by atoms with Crippen molar-refractivity contribution in [1.82, 2.24) is 10.2 Å². The van der Waals surface area contributed by atoms with Crippen LogP contribution in [0.3, 0.4) is 0 Å². The van der Waals surface area contributed by atoms with Crippen LogP contribution in [0.1, 0.15) is 39.5 Å². The summed E-state index contributed by atoms with van der Waals surface area (Å²) in [5, 5.41) is 3.57. The Morgan fingerprint density at radius 3 is 2.65 bits per heavy atom. The molecule has 3 heteroatoms. The summed E-state index contributed by atoms with van der Waals surface area (Å²) in [6.07, 6.45) is 5.76. The lowest BCUT2D eigenvalue weighted by Gasteiger charge is -2.44. The molecule has 2 fully saturated rings. The molecule has 100 valence electrons. The molecule has 1 aliphatic heterocycles. The first-order chi connectivity index (χ1) is 8.16. The Labute approximate surface area is 106 Å². The summed E-state index contributed by atoms with van der Waals surface area (Å²) in [6.45, 7) is 7.73. The molecule has 1 aliphatic carbocycles. The largest absolute Gasteiger partial charge is 0.377 e. The Morgan fingerprint density at radius 2 is 2.12 bits per heavy atom. The van der Waals surface area contributed by atoms with Crippen LogP contribution in [0, 0.1) is 5.92 Å². The molecule has 0 radical (unpaired) electrons. The molecule has 3 unspecified atom stereocenters. The van der Waals surface area contributed by atoms with E-state index in [1.54, 1.807) is 0 Å². The maximum Gasteiger partial charge on any atom is 0.0702 e. The molecule has 0 aromatic rings. The summed E-state index contributed by atoms with van der Waals surface area (Å²) in [6, 6.07) is 1.39. The lowest BCUT2D eigenvalue weighted by Crippen LogP contribution is -2.51. The Bertz CT molecular complexity index is 226.